The minimum Gasteiger partial charge on any atom is -0.497 e. The molecule has 0 spiro atoms. The lowest BCUT2D eigenvalue weighted by Crippen LogP contribution is -2.46. The zero-order valence-electron chi connectivity index (χ0n) is 12.8. The summed E-state index contributed by atoms with van der Waals surface area (Å²) in [5.41, 5.74) is -0.971. The third-order valence-electron chi connectivity index (χ3n) is 4.39. The van der Waals surface area contributed by atoms with Gasteiger partial charge in [-0.15, -0.1) is 0 Å². The molecule has 2 aromatic rings. The molecule has 1 aliphatic heterocycles. The molecular formula is C16H18FN3O2S. The Bertz CT molecular complexity index is 761. The van der Waals surface area contributed by atoms with Crippen LogP contribution in [0.2, 0.25) is 0 Å². The zero-order chi connectivity index (χ0) is 16.0. The molecule has 1 aromatic carbocycles. The Morgan fingerprint density at radius 3 is 3.09 bits per heavy atom. The predicted molar refractivity (Wildman–Crippen MR) is 88.0 cm³/mol. The number of thiazole rings is 1. The quantitative estimate of drug-likeness (QED) is 0.933. The topological polar surface area (TPSA) is 54.5 Å². The number of nitrogens with zero attached hydrogens (tertiary/aromatic N) is 2. The summed E-state index contributed by atoms with van der Waals surface area (Å²) in [6.45, 7) is 0.577. The number of carbonyl (C=O) groups is 1. The number of fused-ring (bicyclic) bond motifs is 1. The second kappa shape index (κ2) is 5.33. The minimum absolute atomic E-state index is 0.0719. The highest BCUT2D eigenvalue weighted by molar-refractivity contribution is 7.22. The van der Waals surface area contributed by atoms with Crippen LogP contribution in [0.25, 0.3) is 10.2 Å². The molecule has 7 heteroatoms. The number of alkyl halides is 1. The fraction of sp³-hybridized carbons (Fsp3) is 0.500. The van der Waals surface area contributed by atoms with Crippen LogP contribution in [0.5, 0.6) is 5.75 Å². The number of benzene rings is 1. The van der Waals surface area contributed by atoms with Crippen molar-refractivity contribution in [2.45, 2.75) is 31.0 Å². The largest absolute Gasteiger partial charge is 0.497 e. The fourth-order valence-corrected chi connectivity index (χ4v) is 3.79. The van der Waals surface area contributed by atoms with Gasteiger partial charge in [0.15, 0.2) is 5.13 Å². The number of ether oxygens (including phenoxy) is 1. The number of rotatable bonds is 4. The summed E-state index contributed by atoms with van der Waals surface area (Å²) >= 11 is 1.51. The third-order valence-corrected chi connectivity index (χ3v) is 5.49. The van der Waals surface area contributed by atoms with E-state index in [1.807, 2.05) is 23.1 Å². The minimum atomic E-state index is -1.81. The molecule has 1 aromatic heterocycles. The normalized spacial score (nSPS) is 24.2. The van der Waals surface area contributed by atoms with E-state index < -0.39 is 11.6 Å². The van der Waals surface area contributed by atoms with Gasteiger partial charge >= 0.3 is 0 Å². The van der Waals surface area contributed by atoms with Crippen molar-refractivity contribution in [1.82, 2.24) is 10.3 Å². The van der Waals surface area contributed by atoms with Crippen molar-refractivity contribution in [2.75, 3.05) is 25.1 Å². The highest BCUT2D eigenvalue weighted by Gasteiger charge is 2.47. The van der Waals surface area contributed by atoms with Gasteiger partial charge in [-0.2, -0.15) is 0 Å². The van der Waals surface area contributed by atoms with E-state index in [0.29, 0.717) is 6.54 Å². The van der Waals surface area contributed by atoms with Crippen LogP contribution in [0.4, 0.5) is 9.52 Å². The maximum absolute atomic E-state index is 14.9. The van der Waals surface area contributed by atoms with Crippen molar-refractivity contribution in [3.8, 4) is 5.75 Å². The van der Waals surface area contributed by atoms with Crippen LogP contribution < -0.4 is 15.0 Å². The number of carbonyl (C=O) groups excluding carboxylic acids is 1. The lowest BCUT2D eigenvalue weighted by Gasteiger charge is -2.19. The Kier molecular flexibility index (Phi) is 3.41. The van der Waals surface area contributed by atoms with E-state index in [0.717, 1.165) is 33.9 Å². The van der Waals surface area contributed by atoms with Crippen LogP contribution in [0, 0.1) is 0 Å². The van der Waals surface area contributed by atoms with E-state index >= 15 is 0 Å². The van der Waals surface area contributed by atoms with E-state index in [1.165, 1.54) is 11.3 Å². The van der Waals surface area contributed by atoms with Gasteiger partial charge in [-0.3, -0.25) is 4.79 Å². The number of methoxy groups -OCH3 is 1. The maximum Gasteiger partial charge on any atom is 0.259 e. The summed E-state index contributed by atoms with van der Waals surface area (Å²) < 4.78 is 21.1. The van der Waals surface area contributed by atoms with Gasteiger partial charge in [0.25, 0.3) is 5.91 Å². The first-order valence-corrected chi connectivity index (χ1v) is 8.58. The predicted octanol–water partition coefficient (Wildman–Crippen LogP) is 2.50. The first kappa shape index (κ1) is 14.7. The van der Waals surface area contributed by atoms with Crippen LogP contribution in [-0.4, -0.2) is 42.8 Å². The monoisotopic (exact) mass is 335 g/mol. The summed E-state index contributed by atoms with van der Waals surface area (Å²) in [7, 11) is 1.62. The van der Waals surface area contributed by atoms with Gasteiger partial charge < -0.3 is 15.0 Å². The zero-order valence-corrected chi connectivity index (χ0v) is 13.7. The summed E-state index contributed by atoms with van der Waals surface area (Å²) in [5, 5.41) is 3.53. The molecule has 2 aliphatic rings. The Balaban J connectivity index is 1.53. The number of halogens is 1. The molecule has 1 aliphatic carbocycles. The molecular weight excluding hydrogens is 317 g/mol. The van der Waals surface area contributed by atoms with Gasteiger partial charge in [0.1, 0.15) is 5.75 Å². The first-order chi connectivity index (χ1) is 11.1. The average Bonchev–Trinajstić information content (AvgIpc) is 3.11. The number of hydrogen-bond donors (Lipinski definition) is 1. The van der Waals surface area contributed by atoms with Gasteiger partial charge in [0.05, 0.1) is 23.9 Å². The standard InChI is InChI=1S/C16H18FN3O2S/c1-22-11-4-5-13-12(8-11)19-15(23-13)20-7-6-16(17,9-20)14(21)18-10-2-3-10/h4-5,8,10H,2-3,6-7,9H2,1H3,(H,18,21). The van der Waals surface area contributed by atoms with Crippen molar-refractivity contribution < 1.29 is 13.9 Å². The molecule has 2 heterocycles. The van der Waals surface area contributed by atoms with Gasteiger partial charge in [-0.05, 0) is 25.0 Å². The molecule has 1 saturated carbocycles. The van der Waals surface area contributed by atoms with Gasteiger partial charge in [-0.1, -0.05) is 11.3 Å². The molecule has 1 amide bonds. The summed E-state index contributed by atoms with van der Waals surface area (Å²) in [4.78, 5) is 18.5. The van der Waals surface area contributed by atoms with Crippen molar-refractivity contribution in [3.05, 3.63) is 18.2 Å². The average molecular weight is 335 g/mol. The molecule has 1 atom stereocenters. The highest BCUT2D eigenvalue weighted by atomic mass is 32.1. The van der Waals surface area contributed by atoms with E-state index in [1.54, 1.807) is 7.11 Å². The van der Waals surface area contributed by atoms with Gasteiger partial charge in [-0.25, -0.2) is 9.37 Å². The van der Waals surface area contributed by atoms with Crippen molar-refractivity contribution >= 4 is 32.6 Å². The van der Waals surface area contributed by atoms with Crippen LogP contribution in [0.3, 0.4) is 0 Å². The van der Waals surface area contributed by atoms with E-state index in [-0.39, 0.29) is 19.0 Å². The van der Waals surface area contributed by atoms with Crippen LogP contribution in [0.15, 0.2) is 18.2 Å². The highest BCUT2D eigenvalue weighted by Crippen LogP contribution is 2.36. The first-order valence-electron chi connectivity index (χ1n) is 7.77. The SMILES string of the molecule is COc1ccc2sc(N3CCC(F)(C(=O)NC4CC4)C3)nc2c1. The Morgan fingerprint density at radius 2 is 2.35 bits per heavy atom. The number of aromatic nitrogens is 1. The molecule has 1 saturated heterocycles. The molecule has 122 valence electrons. The molecule has 0 bridgehead atoms. The number of amides is 1. The van der Waals surface area contributed by atoms with Crippen LogP contribution >= 0.6 is 11.3 Å². The number of anilines is 1. The Morgan fingerprint density at radius 1 is 1.52 bits per heavy atom. The van der Waals surface area contributed by atoms with Crippen molar-refractivity contribution in [1.29, 1.82) is 0 Å². The maximum atomic E-state index is 14.9. The fourth-order valence-electron chi connectivity index (χ4n) is 2.82. The molecule has 1 N–H and O–H groups in total. The van der Waals surface area contributed by atoms with Gasteiger partial charge in [0, 0.05) is 25.1 Å². The molecule has 0 radical (unpaired) electrons. The van der Waals surface area contributed by atoms with Crippen molar-refractivity contribution in [2.24, 2.45) is 0 Å². The smallest absolute Gasteiger partial charge is 0.259 e. The molecule has 23 heavy (non-hydrogen) atoms. The number of nitrogens with one attached hydrogen (secondary N) is 1. The molecule has 4 rings (SSSR count). The second-order valence-electron chi connectivity index (χ2n) is 6.21. The van der Waals surface area contributed by atoms with Crippen LogP contribution in [-0.2, 0) is 4.79 Å². The number of hydrogen-bond acceptors (Lipinski definition) is 5. The molecule has 1 unspecified atom stereocenters. The lowest BCUT2D eigenvalue weighted by molar-refractivity contribution is -0.131. The molecule has 2 fully saturated rings. The van der Waals surface area contributed by atoms with E-state index in [4.69, 9.17) is 4.74 Å². The van der Waals surface area contributed by atoms with E-state index in [9.17, 15) is 9.18 Å². The van der Waals surface area contributed by atoms with E-state index in [2.05, 4.69) is 10.3 Å². The Hall–Kier alpha value is -1.89. The Labute approximate surface area is 137 Å². The second-order valence-corrected chi connectivity index (χ2v) is 7.22. The van der Waals surface area contributed by atoms with Crippen molar-refractivity contribution in [3.63, 3.8) is 0 Å². The lowest BCUT2D eigenvalue weighted by atomic mass is 10.1. The summed E-state index contributed by atoms with van der Waals surface area (Å²) in [5.74, 6) is 0.282. The van der Waals surface area contributed by atoms with Crippen LogP contribution in [0.1, 0.15) is 19.3 Å². The summed E-state index contributed by atoms with van der Waals surface area (Å²) in [6, 6.07) is 5.89. The molecule has 5 nitrogen and oxygen atoms in total. The van der Waals surface area contributed by atoms with Gasteiger partial charge in [0.2, 0.25) is 5.67 Å². The third kappa shape index (κ3) is 2.73. The summed E-state index contributed by atoms with van der Waals surface area (Å²) in [6.07, 6.45) is 2.14.